The number of thiazole rings is 1. The van der Waals surface area contributed by atoms with Gasteiger partial charge in [-0.15, -0.1) is 11.3 Å². The van der Waals surface area contributed by atoms with Crippen LogP contribution in [0.2, 0.25) is 0 Å². The van der Waals surface area contributed by atoms with Crippen molar-refractivity contribution >= 4 is 11.3 Å². The number of nitrogens with one attached hydrogen (secondary N) is 1. The van der Waals surface area contributed by atoms with E-state index in [0.29, 0.717) is 6.04 Å². The van der Waals surface area contributed by atoms with E-state index in [4.69, 9.17) is 4.98 Å². The summed E-state index contributed by atoms with van der Waals surface area (Å²) in [4.78, 5) is 7.27. The molecule has 1 atom stereocenters. The van der Waals surface area contributed by atoms with Crippen LogP contribution >= 0.6 is 11.3 Å². The first kappa shape index (κ1) is 13.7. The van der Waals surface area contributed by atoms with E-state index < -0.39 is 0 Å². The smallest absolute Gasteiger partial charge is 0.123 e. The van der Waals surface area contributed by atoms with E-state index in [-0.39, 0.29) is 0 Å². The third kappa shape index (κ3) is 3.26. The fourth-order valence-electron chi connectivity index (χ4n) is 2.59. The first-order valence-electron chi connectivity index (χ1n) is 7.18. The third-order valence-electron chi connectivity index (χ3n) is 3.69. The quantitative estimate of drug-likeness (QED) is 0.941. The Kier molecular flexibility index (Phi) is 4.15. The summed E-state index contributed by atoms with van der Waals surface area (Å²) in [5.74, 6) is 0. The van der Waals surface area contributed by atoms with Gasteiger partial charge >= 0.3 is 0 Å². The number of benzene rings is 1. The number of hydrogen-bond acceptors (Lipinski definition) is 4. The van der Waals surface area contributed by atoms with Gasteiger partial charge in [-0.25, -0.2) is 4.98 Å². The highest BCUT2D eigenvalue weighted by atomic mass is 32.1. The zero-order valence-corrected chi connectivity index (χ0v) is 12.9. The second-order valence-electron chi connectivity index (χ2n) is 5.60. The zero-order chi connectivity index (χ0) is 13.9. The Bertz CT molecular complexity index is 561. The molecule has 2 heterocycles. The van der Waals surface area contributed by atoms with Crippen LogP contribution in [0.1, 0.15) is 18.2 Å². The maximum atomic E-state index is 4.79. The summed E-state index contributed by atoms with van der Waals surface area (Å²) in [6.45, 7) is 8.62. The molecule has 1 saturated heterocycles. The van der Waals surface area contributed by atoms with Crippen molar-refractivity contribution in [3.05, 3.63) is 40.9 Å². The topological polar surface area (TPSA) is 28.2 Å². The summed E-state index contributed by atoms with van der Waals surface area (Å²) in [6, 6.07) is 9.19. The van der Waals surface area contributed by atoms with Gasteiger partial charge in [-0.05, 0) is 13.8 Å². The van der Waals surface area contributed by atoms with E-state index in [1.54, 1.807) is 11.3 Å². The summed E-state index contributed by atoms with van der Waals surface area (Å²) < 4.78 is 0. The van der Waals surface area contributed by atoms with Crippen molar-refractivity contribution in [2.75, 3.05) is 19.6 Å². The molecule has 4 heteroatoms. The Balaban J connectivity index is 1.69. The van der Waals surface area contributed by atoms with Gasteiger partial charge in [0.25, 0.3) is 0 Å². The molecule has 1 fully saturated rings. The number of hydrogen-bond donors (Lipinski definition) is 1. The molecular formula is C16H21N3S. The molecule has 0 aliphatic carbocycles. The van der Waals surface area contributed by atoms with Gasteiger partial charge in [0.15, 0.2) is 0 Å². The molecule has 2 aromatic rings. The predicted molar refractivity (Wildman–Crippen MR) is 85.0 cm³/mol. The maximum absolute atomic E-state index is 4.79. The number of rotatable bonds is 3. The summed E-state index contributed by atoms with van der Waals surface area (Å²) in [7, 11) is 0. The summed E-state index contributed by atoms with van der Waals surface area (Å²) in [6.07, 6.45) is 0. The largest absolute Gasteiger partial charge is 0.312 e. The SMILES string of the molecule is Cc1ccc(-c2nc(CN3CCNC(C)C3)cs2)cc1. The van der Waals surface area contributed by atoms with Crippen molar-refractivity contribution in [1.29, 1.82) is 0 Å². The van der Waals surface area contributed by atoms with Crippen LogP contribution in [0.25, 0.3) is 10.6 Å². The Morgan fingerprint density at radius 2 is 2.15 bits per heavy atom. The minimum absolute atomic E-state index is 0.582. The molecule has 106 valence electrons. The number of nitrogens with zero attached hydrogens (tertiary/aromatic N) is 2. The highest BCUT2D eigenvalue weighted by Gasteiger charge is 2.16. The minimum Gasteiger partial charge on any atom is -0.312 e. The average Bonchev–Trinajstić information content (AvgIpc) is 2.88. The number of aryl methyl sites for hydroxylation is 1. The molecule has 1 aliphatic rings. The third-order valence-corrected chi connectivity index (χ3v) is 4.63. The first-order valence-corrected chi connectivity index (χ1v) is 8.06. The van der Waals surface area contributed by atoms with Crippen molar-refractivity contribution in [3.8, 4) is 10.6 Å². The van der Waals surface area contributed by atoms with Crippen LogP contribution in [0.5, 0.6) is 0 Å². The van der Waals surface area contributed by atoms with E-state index in [0.717, 1.165) is 31.2 Å². The molecule has 1 aromatic heterocycles. The highest BCUT2D eigenvalue weighted by molar-refractivity contribution is 7.13. The monoisotopic (exact) mass is 287 g/mol. The molecular weight excluding hydrogens is 266 g/mol. The molecule has 0 amide bonds. The molecule has 0 spiro atoms. The Hall–Kier alpha value is -1.23. The van der Waals surface area contributed by atoms with Crippen LogP contribution in [-0.2, 0) is 6.54 Å². The molecule has 1 aliphatic heterocycles. The molecule has 1 unspecified atom stereocenters. The van der Waals surface area contributed by atoms with Crippen molar-refractivity contribution in [2.24, 2.45) is 0 Å². The predicted octanol–water partition coefficient (Wildman–Crippen LogP) is 2.91. The second kappa shape index (κ2) is 6.04. The van der Waals surface area contributed by atoms with Crippen LogP contribution < -0.4 is 5.32 Å². The molecule has 1 aromatic carbocycles. The fraction of sp³-hybridized carbons (Fsp3) is 0.438. The Morgan fingerprint density at radius 1 is 1.35 bits per heavy atom. The minimum atomic E-state index is 0.582. The summed E-state index contributed by atoms with van der Waals surface area (Å²) in [5.41, 5.74) is 3.71. The van der Waals surface area contributed by atoms with Gasteiger partial charge in [-0.2, -0.15) is 0 Å². The lowest BCUT2D eigenvalue weighted by atomic mass is 10.2. The molecule has 3 nitrogen and oxygen atoms in total. The average molecular weight is 287 g/mol. The zero-order valence-electron chi connectivity index (χ0n) is 12.1. The molecule has 20 heavy (non-hydrogen) atoms. The van der Waals surface area contributed by atoms with Crippen LogP contribution in [-0.4, -0.2) is 35.6 Å². The lowest BCUT2D eigenvalue weighted by Gasteiger charge is -2.31. The fourth-order valence-corrected chi connectivity index (χ4v) is 3.41. The van der Waals surface area contributed by atoms with E-state index in [2.05, 4.69) is 53.7 Å². The van der Waals surface area contributed by atoms with Gasteiger partial charge in [0.1, 0.15) is 5.01 Å². The van der Waals surface area contributed by atoms with Gasteiger partial charge in [0, 0.05) is 43.2 Å². The first-order chi connectivity index (χ1) is 9.70. The second-order valence-corrected chi connectivity index (χ2v) is 6.46. The van der Waals surface area contributed by atoms with E-state index >= 15 is 0 Å². The number of piperazine rings is 1. The normalized spacial score (nSPS) is 20.2. The van der Waals surface area contributed by atoms with E-state index in [9.17, 15) is 0 Å². The lowest BCUT2D eigenvalue weighted by molar-refractivity contribution is 0.198. The van der Waals surface area contributed by atoms with Crippen molar-refractivity contribution < 1.29 is 0 Å². The molecule has 0 radical (unpaired) electrons. The Labute approximate surface area is 124 Å². The van der Waals surface area contributed by atoms with E-state index in [1.807, 2.05) is 0 Å². The Morgan fingerprint density at radius 3 is 2.90 bits per heavy atom. The summed E-state index contributed by atoms with van der Waals surface area (Å²) >= 11 is 1.74. The van der Waals surface area contributed by atoms with Crippen LogP contribution in [0.4, 0.5) is 0 Å². The maximum Gasteiger partial charge on any atom is 0.123 e. The highest BCUT2D eigenvalue weighted by Crippen LogP contribution is 2.24. The lowest BCUT2D eigenvalue weighted by Crippen LogP contribution is -2.48. The van der Waals surface area contributed by atoms with Crippen LogP contribution in [0, 0.1) is 6.92 Å². The van der Waals surface area contributed by atoms with Gasteiger partial charge < -0.3 is 5.32 Å². The molecule has 0 bridgehead atoms. The van der Waals surface area contributed by atoms with Gasteiger partial charge in [-0.3, -0.25) is 4.90 Å². The van der Waals surface area contributed by atoms with Gasteiger partial charge in [0.2, 0.25) is 0 Å². The van der Waals surface area contributed by atoms with Gasteiger partial charge in [0.05, 0.1) is 5.69 Å². The van der Waals surface area contributed by atoms with Gasteiger partial charge in [-0.1, -0.05) is 29.8 Å². The standard InChI is InChI=1S/C16H21N3S/c1-12-3-5-14(6-4-12)16-18-15(11-20-16)10-19-8-7-17-13(2)9-19/h3-6,11,13,17H,7-10H2,1-2H3. The van der Waals surface area contributed by atoms with Crippen molar-refractivity contribution in [3.63, 3.8) is 0 Å². The molecule has 3 rings (SSSR count). The van der Waals surface area contributed by atoms with Crippen molar-refractivity contribution in [2.45, 2.75) is 26.4 Å². The van der Waals surface area contributed by atoms with Crippen LogP contribution in [0.15, 0.2) is 29.6 Å². The molecule has 0 saturated carbocycles. The number of aromatic nitrogens is 1. The molecule has 1 N–H and O–H groups in total. The van der Waals surface area contributed by atoms with Crippen molar-refractivity contribution in [1.82, 2.24) is 15.2 Å². The van der Waals surface area contributed by atoms with Crippen LogP contribution in [0.3, 0.4) is 0 Å². The van der Waals surface area contributed by atoms with E-state index in [1.165, 1.54) is 16.8 Å². The summed E-state index contributed by atoms with van der Waals surface area (Å²) in [5, 5.41) is 6.80.